The van der Waals surface area contributed by atoms with Gasteiger partial charge < -0.3 is 15.7 Å². The van der Waals surface area contributed by atoms with Crippen LogP contribution in [0.1, 0.15) is 58.8 Å². The second-order valence-corrected chi connectivity index (χ2v) is 9.63. The molecule has 5 rings (SSSR count). The molecule has 0 atom stereocenters. The third-order valence-corrected chi connectivity index (χ3v) is 6.98. The van der Waals surface area contributed by atoms with Crippen molar-refractivity contribution in [3.05, 3.63) is 101 Å². The van der Waals surface area contributed by atoms with E-state index in [9.17, 15) is 19.1 Å². The van der Waals surface area contributed by atoms with E-state index in [1.54, 1.807) is 36.4 Å². The molecule has 7 nitrogen and oxygen atoms in total. The van der Waals surface area contributed by atoms with Gasteiger partial charge in [-0.25, -0.2) is 9.18 Å². The second kappa shape index (κ2) is 10.9. The molecule has 0 aliphatic heterocycles. The van der Waals surface area contributed by atoms with Crippen molar-refractivity contribution < 1.29 is 19.1 Å². The lowest BCUT2D eigenvalue weighted by Crippen LogP contribution is -2.30. The van der Waals surface area contributed by atoms with Crippen LogP contribution in [-0.2, 0) is 6.54 Å². The molecule has 38 heavy (non-hydrogen) atoms. The highest BCUT2D eigenvalue weighted by Gasteiger charge is 2.26. The van der Waals surface area contributed by atoms with Crippen LogP contribution in [0.4, 0.5) is 14.9 Å². The van der Waals surface area contributed by atoms with Crippen LogP contribution in [0, 0.1) is 12.7 Å². The van der Waals surface area contributed by atoms with E-state index in [2.05, 4.69) is 15.7 Å². The summed E-state index contributed by atoms with van der Waals surface area (Å²) in [6, 6.07) is 19.6. The molecule has 0 spiro atoms. The van der Waals surface area contributed by atoms with Gasteiger partial charge in [-0.3, -0.25) is 4.79 Å². The molecule has 0 bridgehead atoms. The standard InChI is InChI=1S/C30H29FN4O3/c1-19-6-2-5-9-24(19)29(37)33-23-14-15-25(28(36)16-23)26-17-27(21-7-3-4-8-21)35(34-26)30(38)32-18-20-10-12-22(31)13-11-20/h2,5-6,9-17,21,36H,3-4,7-8,18H2,1H3,(H,32,38)(H,33,37). The molecule has 1 aliphatic carbocycles. The Hall–Kier alpha value is -4.46. The van der Waals surface area contributed by atoms with E-state index in [1.807, 2.05) is 25.1 Å². The minimum atomic E-state index is -0.385. The molecule has 1 saturated carbocycles. The summed E-state index contributed by atoms with van der Waals surface area (Å²) in [5.41, 5.74) is 4.37. The fourth-order valence-corrected chi connectivity index (χ4v) is 4.91. The van der Waals surface area contributed by atoms with Gasteiger partial charge in [0.05, 0.1) is 11.4 Å². The van der Waals surface area contributed by atoms with E-state index in [0.717, 1.165) is 42.5 Å². The maximum absolute atomic E-state index is 13.2. The first kappa shape index (κ1) is 25.2. The lowest BCUT2D eigenvalue weighted by Gasteiger charge is -2.12. The third-order valence-electron chi connectivity index (χ3n) is 6.98. The van der Waals surface area contributed by atoms with Crippen LogP contribution >= 0.6 is 0 Å². The Kier molecular flexibility index (Phi) is 7.22. The number of phenols is 1. The molecule has 1 aliphatic rings. The molecule has 4 aromatic rings. The number of hydrogen-bond acceptors (Lipinski definition) is 4. The second-order valence-electron chi connectivity index (χ2n) is 9.63. The summed E-state index contributed by atoms with van der Waals surface area (Å²) in [6.07, 6.45) is 4.10. The molecule has 1 fully saturated rings. The van der Waals surface area contributed by atoms with Crippen molar-refractivity contribution in [2.24, 2.45) is 0 Å². The number of aryl methyl sites for hydroxylation is 1. The number of amides is 2. The van der Waals surface area contributed by atoms with E-state index in [0.29, 0.717) is 22.5 Å². The zero-order chi connectivity index (χ0) is 26.6. The van der Waals surface area contributed by atoms with E-state index in [1.165, 1.54) is 22.9 Å². The molecule has 3 aromatic carbocycles. The fourth-order valence-electron chi connectivity index (χ4n) is 4.91. The predicted molar refractivity (Wildman–Crippen MR) is 144 cm³/mol. The normalized spacial score (nSPS) is 13.4. The molecule has 1 heterocycles. The number of aromatic hydroxyl groups is 1. The quantitative estimate of drug-likeness (QED) is 0.280. The van der Waals surface area contributed by atoms with Crippen LogP contribution in [-0.4, -0.2) is 26.8 Å². The minimum Gasteiger partial charge on any atom is -0.507 e. The van der Waals surface area contributed by atoms with Gasteiger partial charge in [0, 0.05) is 35.3 Å². The van der Waals surface area contributed by atoms with Crippen LogP contribution in [0.5, 0.6) is 5.75 Å². The monoisotopic (exact) mass is 512 g/mol. The summed E-state index contributed by atoms with van der Waals surface area (Å²) in [4.78, 5) is 25.8. The van der Waals surface area contributed by atoms with Crippen molar-refractivity contribution in [1.29, 1.82) is 0 Å². The highest BCUT2D eigenvalue weighted by atomic mass is 19.1. The van der Waals surface area contributed by atoms with Crippen molar-refractivity contribution in [2.75, 3.05) is 5.32 Å². The van der Waals surface area contributed by atoms with Gasteiger partial charge in [0.2, 0.25) is 0 Å². The summed E-state index contributed by atoms with van der Waals surface area (Å²) < 4.78 is 14.6. The molecule has 194 valence electrons. The first-order chi connectivity index (χ1) is 18.4. The molecule has 2 amide bonds. The molecule has 0 radical (unpaired) electrons. The number of phenolic OH excluding ortho intramolecular Hbond substituents is 1. The highest BCUT2D eigenvalue weighted by Crippen LogP contribution is 2.38. The number of carbonyl (C=O) groups excluding carboxylic acids is 2. The first-order valence-corrected chi connectivity index (χ1v) is 12.7. The van der Waals surface area contributed by atoms with Crippen LogP contribution in [0.15, 0.2) is 72.8 Å². The lowest BCUT2D eigenvalue weighted by molar-refractivity contribution is 0.102. The van der Waals surface area contributed by atoms with E-state index < -0.39 is 0 Å². The Morgan fingerprint density at radius 2 is 1.76 bits per heavy atom. The van der Waals surface area contributed by atoms with Gasteiger partial charge in [-0.05, 0) is 67.3 Å². The Bertz CT molecular complexity index is 1470. The van der Waals surface area contributed by atoms with Crippen LogP contribution in [0.2, 0.25) is 0 Å². The van der Waals surface area contributed by atoms with Gasteiger partial charge in [0.15, 0.2) is 0 Å². The number of rotatable bonds is 6. The average molecular weight is 513 g/mol. The van der Waals surface area contributed by atoms with E-state index >= 15 is 0 Å². The highest BCUT2D eigenvalue weighted by molar-refractivity contribution is 6.05. The Morgan fingerprint density at radius 1 is 1.03 bits per heavy atom. The number of nitrogens with zero attached hydrogens (tertiary/aromatic N) is 2. The van der Waals surface area contributed by atoms with Gasteiger partial charge in [0.1, 0.15) is 11.6 Å². The molecular formula is C30H29FN4O3. The Morgan fingerprint density at radius 3 is 2.47 bits per heavy atom. The zero-order valence-corrected chi connectivity index (χ0v) is 21.1. The molecule has 3 N–H and O–H groups in total. The van der Waals surface area contributed by atoms with Crippen molar-refractivity contribution in [2.45, 2.75) is 45.1 Å². The lowest BCUT2D eigenvalue weighted by atomic mass is 10.0. The first-order valence-electron chi connectivity index (χ1n) is 12.7. The summed E-state index contributed by atoms with van der Waals surface area (Å²) >= 11 is 0. The van der Waals surface area contributed by atoms with Gasteiger partial charge in [-0.15, -0.1) is 0 Å². The van der Waals surface area contributed by atoms with Crippen molar-refractivity contribution in [1.82, 2.24) is 15.1 Å². The summed E-state index contributed by atoms with van der Waals surface area (Å²) in [5.74, 6) is -0.452. The number of halogens is 1. The molecular weight excluding hydrogens is 483 g/mol. The van der Waals surface area contributed by atoms with Crippen LogP contribution in [0.25, 0.3) is 11.3 Å². The third kappa shape index (κ3) is 5.44. The predicted octanol–water partition coefficient (Wildman–Crippen LogP) is 6.37. The maximum Gasteiger partial charge on any atom is 0.342 e. The fraction of sp³-hybridized carbons (Fsp3) is 0.233. The molecule has 0 unspecified atom stereocenters. The Labute approximate surface area is 220 Å². The minimum absolute atomic E-state index is 0.0538. The maximum atomic E-state index is 13.2. The van der Waals surface area contributed by atoms with Crippen LogP contribution in [0.3, 0.4) is 0 Å². The van der Waals surface area contributed by atoms with Crippen LogP contribution < -0.4 is 10.6 Å². The van der Waals surface area contributed by atoms with E-state index in [4.69, 9.17) is 0 Å². The summed E-state index contributed by atoms with van der Waals surface area (Å²) in [6.45, 7) is 2.10. The largest absolute Gasteiger partial charge is 0.507 e. The van der Waals surface area contributed by atoms with Gasteiger partial charge in [-0.2, -0.15) is 9.78 Å². The Balaban J connectivity index is 1.38. The number of aromatic nitrogens is 2. The molecule has 0 saturated heterocycles. The van der Waals surface area contributed by atoms with Gasteiger partial charge >= 0.3 is 6.03 Å². The molecule has 1 aromatic heterocycles. The number of carbonyl (C=O) groups is 2. The summed E-state index contributed by atoms with van der Waals surface area (Å²) in [5, 5.41) is 21.1. The SMILES string of the molecule is Cc1ccccc1C(=O)Nc1ccc(-c2cc(C3CCCC3)n(C(=O)NCc3ccc(F)cc3)n2)c(O)c1. The number of nitrogens with one attached hydrogen (secondary N) is 2. The average Bonchev–Trinajstić information content (AvgIpc) is 3.59. The summed E-state index contributed by atoms with van der Waals surface area (Å²) in [7, 11) is 0. The van der Waals surface area contributed by atoms with Crippen molar-refractivity contribution >= 4 is 17.6 Å². The van der Waals surface area contributed by atoms with Crippen molar-refractivity contribution in [3.63, 3.8) is 0 Å². The van der Waals surface area contributed by atoms with Gasteiger partial charge in [-0.1, -0.05) is 43.2 Å². The van der Waals surface area contributed by atoms with Crippen molar-refractivity contribution in [3.8, 4) is 17.0 Å². The number of benzene rings is 3. The zero-order valence-electron chi connectivity index (χ0n) is 21.1. The number of hydrogen-bond donors (Lipinski definition) is 3. The topological polar surface area (TPSA) is 96.3 Å². The molecule has 8 heteroatoms. The van der Waals surface area contributed by atoms with E-state index in [-0.39, 0.29) is 36.0 Å². The smallest absolute Gasteiger partial charge is 0.342 e. The number of anilines is 1. The van der Waals surface area contributed by atoms with Gasteiger partial charge in [0.25, 0.3) is 5.91 Å².